The number of benzene rings is 1. The van der Waals surface area contributed by atoms with Gasteiger partial charge in [-0.3, -0.25) is 4.79 Å². The van der Waals surface area contributed by atoms with Crippen molar-refractivity contribution in [2.45, 2.75) is 10.9 Å². The molecule has 0 radical (unpaired) electrons. The maximum atomic E-state index is 12.7. The second kappa shape index (κ2) is 5.89. The van der Waals surface area contributed by atoms with E-state index >= 15 is 0 Å². The predicted octanol–water partition coefficient (Wildman–Crippen LogP) is -0.396. The number of carbonyl (C=O) groups is 1. The van der Waals surface area contributed by atoms with E-state index in [1.165, 1.54) is 0 Å². The van der Waals surface area contributed by atoms with Gasteiger partial charge in [-0.2, -0.15) is 4.72 Å². The van der Waals surface area contributed by atoms with Crippen molar-refractivity contribution in [3.8, 4) is 0 Å². The van der Waals surface area contributed by atoms with Crippen molar-refractivity contribution in [1.82, 2.24) is 4.72 Å². The molecule has 0 aromatic heterocycles. The van der Waals surface area contributed by atoms with Gasteiger partial charge in [-0.1, -0.05) is 0 Å². The van der Waals surface area contributed by atoms with Crippen LogP contribution >= 0.6 is 0 Å². The molecule has 8 heteroatoms. The van der Waals surface area contributed by atoms with Crippen molar-refractivity contribution in [2.24, 2.45) is 5.73 Å². The summed E-state index contributed by atoms with van der Waals surface area (Å²) in [7, 11) is -2.82. The monoisotopic (exact) mass is 276 g/mol. The lowest BCUT2D eigenvalue weighted by Crippen LogP contribution is -2.46. The van der Waals surface area contributed by atoms with E-state index in [0.29, 0.717) is 0 Å². The molecule has 1 aromatic carbocycles. The summed E-state index contributed by atoms with van der Waals surface area (Å²) in [4.78, 5) is 11.1. The number of ether oxygens (including phenoxy) is 1. The molecule has 0 unspecified atom stereocenters. The first-order chi connectivity index (χ1) is 8.40. The molecule has 0 aliphatic carbocycles. The molecule has 0 amide bonds. The number of hydrogen-bond donors (Lipinski definition) is 2. The van der Waals surface area contributed by atoms with Crippen LogP contribution in [0.1, 0.15) is 0 Å². The van der Waals surface area contributed by atoms with E-state index in [1.807, 2.05) is 0 Å². The van der Waals surface area contributed by atoms with Gasteiger partial charge in [-0.05, 0) is 24.3 Å². The zero-order chi connectivity index (χ0) is 13.8. The molecule has 1 aromatic rings. The summed E-state index contributed by atoms with van der Waals surface area (Å²) >= 11 is 0. The van der Waals surface area contributed by atoms with E-state index in [2.05, 4.69) is 9.46 Å². The number of rotatable bonds is 5. The molecule has 0 saturated carbocycles. The van der Waals surface area contributed by atoms with Gasteiger partial charge in [-0.15, -0.1) is 0 Å². The minimum absolute atomic E-state index is 0.161. The molecule has 0 aliphatic heterocycles. The molecular weight excluding hydrogens is 263 g/mol. The second-order valence-electron chi connectivity index (χ2n) is 3.39. The Morgan fingerprint density at radius 3 is 2.44 bits per heavy atom. The highest BCUT2D eigenvalue weighted by molar-refractivity contribution is 7.89. The Morgan fingerprint density at radius 2 is 2.00 bits per heavy atom. The topological polar surface area (TPSA) is 98.5 Å². The summed E-state index contributed by atoms with van der Waals surface area (Å²) in [5, 5.41) is 0. The Bertz CT molecular complexity index is 515. The van der Waals surface area contributed by atoms with Crippen LogP contribution in [0.25, 0.3) is 0 Å². The van der Waals surface area contributed by atoms with Crippen LogP contribution < -0.4 is 10.5 Å². The summed E-state index contributed by atoms with van der Waals surface area (Å²) in [5.74, 6) is -1.35. The smallest absolute Gasteiger partial charge is 0.325 e. The molecule has 0 aliphatic rings. The number of carbonyl (C=O) groups excluding carboxylic acids is 1. The summed E-state index contributed by atoms with van der Waals surface area (Å²) in [5.41, 5.74) is 5.27. The average Bonchev–Trinajstić information content (AvgIpc) is 2.35. The maximum absolute atomic E-state index is 12.7. The van der Waals surface area contributed by atoms with Gasteiger partial charge < -0.3 is 10.5 Å². The van der Waals surface area contributed by atoms with E-state index in [1.54, 1.807) is 0 Å². The first kappa shape index (κ1) is 14.6. The lowest BCUT2D eigenvalue weighted by atomic mass is 10.3. The molecule has 1 rings (SSSR count). The van der Waals surface area contributed by atoms with E-state index in [9.17, 15) is 17.6 Å². The molecule has 3 N–H and O–H groups in total. The summed E-state index contributed by atoms with van der Waals surface area (Å²) in [6.07, 6.45) is 0. The molecule has 100 valence electrons. The molecule has 18 heavy (non-hydrogen) atoms. The van der Waals surface area contributed by atoms with Crippen molar-refractivity contribution >= 4 is 16.0 Å². The summed E-state index contributed by atoms with van der Waals surface area (Å²) < 4.78 is 42.8. The Balaban J connectivity index is 2.94. The fourth-order valence-electron chi connectivity index (χ4n) is 1.20. The largest absolute Gasteiger partial charge is 0.468 e. The van der Waals surface area contributed by atoms with E-state index in [-0.39, 0.29) is 11.4 Å². The minimum Gasteiger partial charge on any atom is -0.468 e. The lowest BCUT2D eigenvalue weighted by molar-refractivity contribution is -0.142. The average molecular weight is 276 g/mol. The highest BCUT2D eigenvalue weighted by Crippen LogP contribution is 2.10. The zero-order valence-electron chi connectivity index (χ0n) is 9.59. The number of hydrogen-bond acceptors (Lipinski definition) is 5. The number of halogens is 1. The second-order valence-corrected chi connectivity index (χ2v) is 5.10. The number of nitrogens with two attached hydrogens (primary N) is 1. The third-order valence-electron chi connectivity index (χ3n) is 2.14. The molecular formula is C10H13FN2O4S. The van der Waals surface area contributed by atoms with Gasteiger partial charge in [0.05, 0.1) is 12.0 Å². The number of nitrogens with one attached hydrogen (secondary N) is 1. The fraction of sp³-hybridized carbons (Fsp3) is 0.300. The van der Waals surface area contributed by atoms with Gasteiger partial charge in [0.25, 0.3) is 0 Å². The summed E-state index contributed by atoms with van der Waals surface area (Å²) in [6.45, 7) is -0.243. The molecule has 1 atom stereocenters. The minimum atomic E-state index is -3.94. The van der Waals surface area contributed by atoms with Crippen molar-refractivity contribution in [1.29, 1.82) is 0 Å². The van der Waals surface area contributed by atoms with Gasteiger partial charge in [0.1, 0.15) is 11.9 Å². The van der Waals surface area contributed by atoms with E-state index in [4.69, 9.17) is 5.73 Å². The van der Waals surface area contributed by atoms with Crippen LogP contribution in [0.4, 0.5) is 4.39 Å². The normalized spacial score (nSPS) is 13.1. The van der Waals surface area contributed by atoms with Crippen LogP contribution in [0.2, 0.25) is 0 Å². The zero-order valence-corrected chi connectivity index (χ0v) is 10.4. The predicted molar refractivity (Wildman–Crippen MR) is 61.6 cm³/mol. The number of esters is 1. The van der Waals surface area contributed by atoms with Gasteiger partial charge >= 0.3 is 5.97 Å². The SMILES string of the molecule is COC(=O)[C@H](CN)NS(=O)(=O)c1ccc(F)cc1. The van der Waals surface area contributed by atoms with Crippen LogP contribution in [-0.4, -0.2) is 34.1 Å². The van der Waals surface area contributed by atoms with Gasteiger partial charge in [-0.25, -0.2) is 12.8 Å². The summed E-state index contributed by atoms with van der Waals surface area (Å²) in [6, 6.07) is 3.00. The highest BCUT2D eigenvalue weighted by atomic mass is 32.2. The molecule has 0 heterocycles. The Hall–Kier alpha value is -1.51. The molecule has 6 nitrogen and oxygen atoms in total. The van der Waals surface area contributed by atoms with Crippen LogP contribution in [-0.2, 0) is 19.6 Å². The Labute approximate surface area is 104 Å². The highest BCUT2D eigenvalue weighted by Gasteiger charge is 2.25. The maximum Gasteiger partial charge on any atom is 0.325 e. The van der Waals surface area contributed by atoms with Crippen molar-refractivity contribution in [2.75, 3.05) is 13.7 Å². The van der Waals surface area contributed by atoms with Crippen molar-refractivity contribution < 1.29 is 22.3 Å². The molecule has 0 fully saturated rings. The first-order valence-electron chi connectivity index (χ1n) is 4.96. The third-order valence-corrected chi connectivity index (χ3v) is 3.63. The van der Waals surface area contributed by atoms with E-state index < -0.39 is 27.9 Å². The Morgan fingerprint density at radius 1 is 1.44 bits per heavy atom. The number of methoxy groups -OCH3 is 1. The van der Waals surface area contributed by atoms with Gasteiger partial charge in [0.15, 0.2) is 0 Å². The third kappa shape index (κ3) is 3.49. The molecule has 0 bridgehead atoms. The van der Waals surface area contributed by atoms with Crippen molar-refractivity contribution in [3.05, 3.63) is 30.1 Å². The standard InChI is InChI=1S/C10H13FN2O4S/c1-17-10(14)9(6-12)13-18(15,16)8-4-2-7(11)3-5-8/h2-5,9,13H,6,12H2,1H3/t9-/m0/s1. The first-order valence-corrected chi connectivity index (χ1v) is 6.45. The van der Waals surface area contributed by atoms with Gasteiger partial charge in [0.2, 0.25) is 10.0 Å². The van der Waals surface area contributed by atoms with Gasteiger partial charge in [0, 0.05) is 6.54 Å². The fourth-order valence-corrected chi connectivity index (χ4v) is 2.40. The number of sulfonamides is 1. The molecule has 0 spiro atoms. The quantitative estimate of drug-likeness (QED) is 0.713. The van der Waals surface area contributed by atoms with Crippen LogP contribution in [0.5, 0.6) is 0 Å². The lowest BCUT2D eigenvalue weighted by Gasteiger charge is -2.14. The van der Waals surface area contributed by atoms with Crippen LogP contribution in [0.3, 0.4) is 0 Å². The van der Waals surface area contributed by atoms with Crippen molar-refractivity contribution in [3.63, 3.8) is 0 Å². The van der Waals surface area contributed by atoms with E-state index in [0.717, 1.165) is 31.4 Å². The van der Waals surface area contributed by atoms with Crippen LogP contribution in [0.15, 0.2) is 29.2 Å². The molecule has 0 saturated heterocycles. The Kier molecular flexibility index (Phi) is 4.76. The van der Waals surface area contributed by atoms with Crippen LogP contribution in [0, 0.1) is 5.82 Å².